The van der Waals surface area contributed by atoms with E-state index in [9.17, 15) is 4.79 Å². The number of carbonyl (C=O) groups excluding carboxylic acids is 1. The zero-order valence-corrected chi connectivity index (χ0v) is 16.7. The number of nitrogens with zero attached hydrogens (tertiary/aromatic N) is 5. The fourth-order valence-electron chi connectivity index (χ4n) is 3.11. The van der Waals surface area contributed by atoms with E-state index in [1.54, 1.807) is 11.8 Å². The maximum Gasteiger partial charge on any atom is 0.222 e. The molecular formula is C18H28N6OS. The number of rotatable bonds is 7. The second kappa shape index (κ2) is 8.70. The number of thioether (sulfide) groups is 1. The van der Waals surface area contributed by atoms with Gasteiger partial charge in [0, 0.05) is 25.6 Å². The molecule has 0 saturated carbocycles. The predicted molar refractivity (Wildman–Crippen MR) is 106 cm³/mol. The highest BCUT2D eigenvalue weighted by atomic mass is 32.2. The summed E-state index contributed by atoms with van der Waals surface area (Å²) in [6.07, 6.45) is 5.56. The van der Waals surface area contributed by atoms with Gasteiger partial charge >= 0.3 is 0 Å². The van der Waals surface area contributed by atoms with Crippen molar-refractivity contribution in [1.82, 2.24) is 25.1 Å². The lowest BCUT2D eigenvalue weighted by atomic mass is 10.1. The minimum Gasteiger partial charge on any atom is -0.356 e. The van der Waals surface area contributed by atoms with E-state index in [1.165, 1.54) is 19.3 Å². The molecule has 8 heteroatoms. The highest BCUT2D eigenvalue weighted by Gasteiger charge is 2.20. The average molecular weight is 377 g/mol. The topological polar surface area (TPSA) is 75.9 Å². The summed E-state index contributed by atoms with van der Waals surface area (Å²) in [7, 11) is 0. The lowest BCUT2D eigenvalue weighted by molar-refractivity contribution is -0.124. The maximum absolute atomic E-state index is 11.8. The smallest absolute Gasteiger partial charge is 0.222 e. The summed E-state index contributed by atoms with van der Waals surface area (Å²) in [5.41, 5.74) is 0.857. The molecule has 1 fully saturated rings. The zero-order chi connectivity index (χ0) is 18.5. The van der Waals surface area contributed by atoms with E-state index in [2.05, 4.69) is 22.2 Å². The van der Waals surface area contributed by atoms with Crippen molar-refractivity contribution in [2.45, 2.75) is 51.7 Å². The van der Waals surface area contributed by atoms with Gasteiger partial charge in [0.2, 0.25) is 5.91 Å². The van der Waals surface area contributed by atoms with Gasteiger partial charge in [-0.15, -0.1) is 0 Å². The molecule has 0 unspecified atom stereocenters. The third-order valence-corrected chi connectivity index (χ3v) is 5.26. The van der Waals surface area contributed by atoms with Crippen LogP contribution in [0.15, 0.2) is 11.4 Å². The molecule has 0 spiro atoms. The molecule has 1 saturated heterocycles. The van der Waals surface area contributed by atoms with Crippen molar-refractivity contribution in [3.05, 3.63) is 6.20 Å². The normalized spacial score (nSPS) is 15.0. The first-order valence-corrected chi connectivity index (χ1v) is 10.5. The molecule has 1 aliphatic heterocycles. The first-order valence-electron chi connectivity index (χ1n) is 9.49. The Morgan fingerprint density at radius 2 is 2.04 bits per heavy atom. The van der Waals surface area contributed by atoms with Crippen LogP contribution in [0, 0.1) is 5.92 Å². The Bertz CT molecular complexity index is 753. The molecule has 3 rings (SSSR count). The SMILES string of the molecule is CCSc1nc(N2CCCCC2)c2cnn(CCNC(=O)C(C)C)c2n1. The number of fused-ring (bicyclic) bond motifs is 1. The van der Waals surface area contributed by atoms with Crippen LogP contribution in [0.2, 0.25) is 0 Å². The van der Waals surface area contributed by atoms with Gasteiger partial charge in [0.1, 0.15) is 5.82 Å². The second-order valence-electron chi connectivity index (χ2n) is 6.86. The van der Waals surface area contributed by atoms with Crippen LogP contribution in [-0.4, -0.2) is 51.0 Å². The Morgan fingerprint density at radius 3 is 2.73 bits per heavy atom. The number of piperidine rings is 1. The Labute approximate surface area is 158 Å². The summed E-state index contributed by atoms with van der Waals surface area (Å²) in [5.74, 6) is 1.99. The van der Waals surface area contributed by atoms with Crippen LogP contribution < -0.4 is 10.2 Å². The lowest BCUT2D eigenvalue weighted by Crippen LogP contribution is -2.31. The number of carbonyl (C=O) groups is 1. The Morgan fingerprint density at radius 1 is 1.27 bits per heavy atom. The molecule has 1 N–H and O–H groups in total. The van der Waals surface area contributed by atoms with Crippen molar-refractivity contribution in [2.24, 2.45) is 5.92 Å². The van der Waals surface area contributed by atoms with Gasteiger partial charge in [-0.2, -0.15) is 5.10 Å². The number of hydrogen-bond donors (Lipinski definition) is 1. The van der Waals surface area contributed by atoms with Crippen molar-refractivity contribution in [3.8, 4) is 0 Å². The highest BCUT2D eigenvalue weighted by molar-refractivity contribution is 7.99. The first kappa shape index (κ1) is 18.9. The second-order valence-corrected chi connectivity index (χ2v) is 8.09. The average Bonchev–Trinajstić information content (AvgIpc) is 3.05. The number of hydrogen-bond acceptors (Lipinski definition) is 6. The standard InChI is InChI=1S/C18H28N6OS/c1-4-26-18-21-15(23-9-6-5-7-10-23)14-12-20-24(16(14)22-18)11-8-19-17(25)13(2)3/h12-13H,4-11H2,1-3H3,(H,19,25). The molecule has 1 aliphatic rings. The summed E-state index contributed by atoms with van der Waals surface area (Å²) < 4.78 is 1.88. The number of aromatic nitrogens is 4. The van der Waals surface area contributed by atoms with E-state index in [0.717, 1.165) is 40.9 Å². The molecule has 0 radical (unpaired) electrons. The van der Waals surface area contributed by atoms with Crippen molar-refractivity contribution in [2.75, 3.05) is 30.3 Å². The number of anilines is 1. The molecule has 26 heavy (non-hydrogen) atoms. The van der Waals surface area contributed by atoms with E-state index in [4.69, 9.17) is 9.97 Å². The molecule has 142 valence electrons. The van der Waals surface area contributed by atoms with Gasteiger partial charge in [0.15, 0.2) is 10.8 Å². The maximum atomic E-state index is 11.8. The van der Waals surface area contributed by atoms with Crippen molar-refractivity contribution < 1.29 is 4.79 Å². The van der Waals surface area contributed by atoms with Gasteiger partial charge < -0.3 is 10.2 Å². The highest BCUT2D eigenvalue weighted by Crippen LogP contribution is 2.29. The molecule has 2 aromatic heterocycles. The van der Waals surface area contributed by atoms with Gasteiger partial charge in [-0.3, -0.25) is 4.79 Å². The summed E-state index contributed by atoms with van der Waals surface area (Å²) >= 11 is 1.65. The Kier molecular flexibility index (Phi) is 6.34. The number of nitrogens with one attached hydrogen (secondary N) is 1. The molecule has 0 bridgehead atoms. The monoisotopic (exact) mass is 376 g/mol. The van der Waals surface area contributed by atoms with Crippen LogP contribution in [-0.2, 0) is 11.3 Å². The molecule has 3 heterocycles. The van der Waals surface area contributed by atoms with Gasteiger partial charge in [0.05, 0.1) is 18.1 Å². The van der Waals surface area contributed by atoms with Gasteiger partial charge in [-0.05, 0) is 25.0 Å². The number of amides is 1. The largest absolute Gasteiger partial charge is 0.356 e. The molecule has 7 nitrogen and oxygen atoms in total. The fourth-order valence-corrected chi connectivity index (χ4v) is 3.67. The molecule has 0 aliphatic carbocycles. The van der Waals surface area contributed by atoms with Gasteiger partial charge in [0.25, 0.3) is 0 Å². The summed E-state index contributed by atoms with van der Waals surface area (Å²) in [5, 5.41) is 9.27. The van der Waals surface area contributed by atoms with Crippen LogP contribution in [0.5, 0.6) is 0 Å². The quantitative estimate of drug-likeness (QED) is 0.591. The zero-order valence-electron chi connectivity index (χ0n) is 15.9. The third kappa shape index (κ3) is 4.28. The predicted octanol–water partition coefficient (Wildman–Crippen LogP) is 2.70. The van der Waals surface area contributed by atoms with Crippen LogP contribution in [0.4, 0.5) is 5.82 Å². The van der Waals surface area contributed by atoms with Crippen molar-refractivity contribution in [3.63, 3.8) is 0 Å². The Balaban J connectivity index is 1.86. The van der Waals surface area contributed by atoms with Crippen LogP contribution in [0.1, 0.15) is 40.0 Å². The van der Waals surface area contributed by atoms with Gasteiger partial charge in [-0.1, -0.05) is 32.5 Å². The molecule has 2 aromatic rings. The van der Waals surface area contributed by atoms with Crippen LogP contribution >= 0.6 is 11.8 Å². The van der Waals surface area contributed by atoms with Crippen LogP contribution in [0.25, 0.3) is 11.0 Å². The van der Waals surface area contributed by atoms with Crippen LogP contribution in [0.3, 0.4) is 0 Å². The van der Waals surface area contributed by atoms with Gasteiger partial charge in [-0.25, -0.2) is 14.6 Å². The van der Waals surface area contributed by atoms with Crippen molar-refractivity contribution >= 4 is 34.5 Å². The van der Waals surface area contributed by atoms with E-state index >= 15 is 0 Å². The molecule has 1 amide bonds. The van der Waals surface area contributed by atoms with E-state index in [1.807, 2.05) is 24.7 Å². The van der Waals surface area contributed by atoms with E-state index in [-0.39, 0.29) is 11.8 Å². The molecular weight excluding hydrogens is 348 g/mol. The fraction of sp³-hybridized carbons (Fsp3) is 0.667. The summed E-state index contributed by atoms with van der Waals surface area (Å²) in [6.45, 7) is 9.13. The van der Waals surface area contributed by atoms with E-state index in [0.29, 0.717) is 13.1 Å². The molecule has 0 atom stereocenters. The summed E-state index contributed by atoms with van der Waals surface area (Å²) in [4.78, 5) is 23.7. The van der Waals surface area contributed by atoms with E-state index < -0.39 is 0 Å². The van der Waals surface area contributed by atoms with Crippen molar-refractivity contribution in [1.29, 1.82) is 0 Å². The lowest BCUT2D eigenvalue weighted by Gasteiger charge is -2.28. The first-order chi connectivity index (χ1) is 12.6. The minimum absolute atomic E-state index is 0.00930. The molecule has 0 aromatic carbocycles. The minimum atomic E-state index is -0.00930. The summed E-state index contributed by atoms with van der Waals surface area (Å²) in [6, 6.07) is 0. The third-order valence-electron chi connectivity index (χ3n) is 4.53. The Hall–Kier alpha value is -1.83.